The van der Waals surface area contributed by atoms with Crippen LogP contribution >= 0.6 is 0 Å². The van der Waals surface area contributed by atoms with Gasteiger partial charge < -0.3 is 5.11 Å². The third kappa shape index (κ3) is 3.62. The smallest absolute Gasteiger partial charge is 0.218 e. The van der Waals surface area contributed by atoms with Crippen LogP contribution in [0.25, 0.3) is 0 Å². The summed E-state index contributed by atoms with van der Waals surface area (Å²) in [6, 6.07) is 8.35. The molecule has 1 aliphatic rings. The van der Waals surface area contributed by atoms with Gasteiger partial charge in [0.2, 0.25) is 10.0 Å². The number of sulfonamides is 1. The first-order valence-corrected chi connectivity index (χ1v) is 8.68. The van der Waals surface area contributed by atoms with Crippen molar-refractivity contribution < 1.29 is 13.5 Å². The van der Waals surface area contributed by atoms with E-state index in [2.05, 4.69) is 0 Å². The third-order valence-corrected chi connectivity index (χ3v) is 5.90. The molecule has 114 valence electrons. The van der Waals surface area contributed by atoms with Gasteiger partial charge in [0.25, 0.3) is 0 Å². The van der Waals surface area contributed by atoms with Gasteiger partial charge in [-0.05, 0) is 24.5 Å². The number of benzene rings is 1. The molecule has 0 amide bonds. The zero-order valence-electron chi connectivity index (χ0n) is 12.1. The number of aliphatic hydroxyl groups excluding tert-OH is 1. The van der Waals surface area contributed by atoms with Crippen LogP contribution in [0.15, 0.2) is 24.3 Å². The molecule has 1 N–H and O–H groups in total. The van der Waals surface area contributed by atoms with E-state index >= 15 is 0 Å². The Balaban J connectivity index is 2.20. The molecule has 5 nitrogen and oxygen atoms in total. The molecule has 0 radical (unpaired) electrons. The van der Waals surface area contributed by atoms with Gasteiger partial charge in [0.05, 0.1) is 29.5 Å². The fourth-order valence-electron chi connectivity index (χ4n) is 2.78. The lowest BCUT2D eigenvalue weighted by Gasteiger charge is -2.34. The second kappa shape index (κ2) is 6.56. The van der Waals surface area contributed by atoms with Gasteiger partial charge in [0.1, 0.15) is 0 Å². The summed E-state index contributed by atoms with van der Waals surface area (Å²) in [6.45, 7) is 0. The molecule has 1 aliphatic carbocycles. The van der Waals surface area contributed by atoms with E-state index in [0.717, 1.165) is 12.8 Å². The molecule has 1 fully saturated rings. The van der Waals surface area contributed by atoms with E-state index in [-0.39, 0.29) is 11.8 Å². The van der Waals surface area contributed by atoms with Crippen LogP contribution in [0.4, 0.5) is 0 Å². The lowest BCUT2D eigenvalue weighted by atomic mass is 9.93. The van der Waals surface area contributed by atoms with Crippen LogP contribution in [-0.2, 0) is 15.8 Å². The molecule has 0 aromatic heterocycles. The monoisotopic (exact) mass is 308 g/mol. The molecule has 21 heavy (non-hydrogen) atoms. The van der Waals surface area contributed by atoms with E-state index < -0.39 is 16.1 Å². The second-order valence-electron chi connectivity index (χ2n) is 5.46. The number of hydrogen-bond donors (Lipinski definition) is 1. The summed E-state index contributed by atoms with van der Waals surface area (Å²) in [5.74, 6) is -0.212. The van der Waals surface area contributed by atoms with E-state index in [4.69, 9.17) is 5.26 Å². The normalized spacial score (nSPS) is 23.0. The van der Waals surface area contributed by atoms with Crippen molar-refractivity contribution in [2.75, 3.05) is 7.05 Å². The fraction of sp³-hybridized carbons (Fsp3) is 0.533. The standard InChI is InChI=1S/C15H20N2O3S/c1-17(14-8-4-5-9-15(14)18)21(19,20)11-13-7-3-2-6-12(13)10-16/h2-3,6-7,14-15,18H,4-5,8-9,11H2,1H3. The Morgan fingerprint density at radius 1 is 1.33 bits per heavy atom. The maximum Gasteiger partial charge on any atom is 0.218 e. The Morgan fingerprint density at radius 3 is 2.67 bits per heavy atom. The highest BCUT2D eigenvalue weighted by Crippen LogP contribution is 2.25. The first-order chi connectivity index (χ1) is 9.95. The van der Waals surface area contributed by atoms with Gasteiger partial charge in [-0.25, -0.2) is 8.42 Å². The summed E-state index contributed by atoms with van der Waals surface area (Å²) in [4.78, 5) is 0. The minimum atomic E-state index is -3.56. The van der Waals surface area contributed by atoms with Gasteiger partial charge in [-0.2, -0.15) is 9.57 Å². The molecule has 0 saturated heterocycles. The maximum absolute atomic E-state index is 12.5. The lowest BCUT2D eigenvalue weighted by Crippen LogP contribution is -2.46. The minimum Gasteiger partial charge on any atom is -0.391 e. The first kappa shape index (κ1) is 16.0. The van der Waals surface area contributed by atoms with Crippen molar-refractivity contribution >= 4 is 10.0 Å². The van der Waals surface area contributed by atoms with Gasteiger partial charge >= 0.3 is 0 Å². The van der Waals surface area contributed by atoms with E-state index in [1.165, 1.54) is 11.4 Å². The fourth-order valence-corrected chi connectivity index (χ4v) is 4.28. The molecule has 1 aromatic carbocycles. The van der Waals surface area contributed by atoms with Crippen LogP contribution in [0.3, 0.4) is 0 Å². The van der Waals surface area contributed by atoms with Gasteiger partial charge in [-0.3, -0.25) is 0 Å². The van der Waals surface area contributed by atoms with E-state index in [1.54, 1.807) is 24.3 Å². The van der Waals surface area contributed by atoms with Gasteiger partial charge in [-0.1, -0.05) is 31.0 Å². The average Bonchev–Trinajstić information content (AvgIpc) is 2.47. The highest BCUT2D eigenvalue weighted by Gasteiger charge is 2.33. The highest BCUT2D eigenvalue weighted by atomic mass is 32.2. The molecule has 0 aliphatic heterocycles. The number of hydrogen-bond acceptors (Lipinski definition) is 4. The van der Waals surface area contributed by atoms with Crippen LogP contribution in [0.5, 0.6) is 0 Å². The van der Waals surface area contributed by atoms with Crippen molar-refractivity contribution in [1.29, 1.82) is 5.26 Å². The van der Waals surface area contributed by atoms with Gasteiger partial charge in [-0.15, -0.1) is 0 Å². The predicted molar refractivity (Wildman–Crippen MR) is 79.8 cm³/mol. The molecule has 6 heteroatoms. The average molecular weight is 308 g/mol. The highest BCUT2D eigenvalue weighted by molar-refractivity contribution is 7.88. The van der Waals surface area contributed by atoms with Gasteiger partial charge in [0, 0.05) is 7.05 Å². The van der Waals surface area contributed by atoms with E-state index in [9.17, 15) is 13.5 Å². The molecule has 1 aromatic rings. The number of aliphatic hydroxyl groups is 1. The molecular formula is C15H20N2O3S. The van der Waals surface area contributed by atoms with Crippen molar-refractivity contribution in [3.63, 3.8) is 0 Å². The van der Waals surface area contributed by atoms with Crippen molar-refractivity contribution in [2.45, 2.75) is 43.6 Å². The molecule has 0 spiro atoms. The van der Waals surface area contributed by atoms with Crippen molar-refractivity contribution in [3.8, 4) is 6.07 Å². The summed E-state index contributed by atoms with van der Waals surface area (Å²) < 4.78 is 26.3. The Kier molecular flexibility index (Phi) is 4.99. The zero-order valence-corrected chi connectivity index (χ0v) is 12.9. The van der Waals surface area contributed by atoms with Crippen LogP contribution in [0.1, 0.15) is 36.8 Å². The molecule has 0 bridgehead atoms. The SMILES string of the molecule is CN(C1CCCCC1O)S(=O)(=O)Cc1ccccc1C#N. The summed E-state index contributed by atoms with van der Waals surface area (Å²) in [5.41, 5.74) is 0.871. The second-order valence-corrected chi connectivity index (χ2v) is 7.49. The van der Waals surface area contributed by atoms with Crippen LogP contribution in [-0.4, -0.2) is 37.0 Å². The first-order valence-electron chi connectivity index (χ1n) is 7.07. The topological polar surface area (TPSA) is 81.4 Å². The molecule has 2 rings (SSSR count). The van der Waals surface area contributed by atoms with Crippen LogP contribution in [0, 0.1) is 11.3 Å². The van der Waals surface area contributed by atoms with Crippen LogP contribution < -0.4 is 0 Å². The third-order valence-electron chi connectivity index (χ3n) is 4.08. The van der Waals surface area contributed by atoms with Gasteiger partial charge in [0.15, 0.2) is 0 Å². The van der Waals surface area contributed by atoms with Crippen molar-refractivity contribution in [1.82, 2.24) is 4.31 Å². The molecule has 0 heterocycles. The van der Waals surface area contributed by atoms with E-state index in [0.29, 0.717) is 24.0 Å². The summed E-state index contributed by atoms with van der Waals surface area (Å²) in [5, 5.41) is 19.1. The van der Waals surface area contributed by atoms with E-state index in [1.807, 2.05) is 6.07 Å². The summed E-state index contributed by atoms with van der Waals surface area (Å²) in [7, 11) is -2.04. The molecular weight excluding hydrogens is 288 g/mol. The molecule has 2 unspecified atom stereocenters. The summed E-state index contributed by atoms with van der Waals surface area (Å²) >= 11 is 0. The van der Waals surface area contributed by atoms with Crippen molar-refractivity contribution in [2.24, 2.45) is 0 Å². The number of rotatable bonds is 4. The van der Waals surface area contributed by atoms with Crippen molar-refractivity contribution in [3.05, 3.63) is 35.4 Å². The number of nitrogens with zero attached hydrogens (tertiary/aromatic N) is 2. The number of nitriles is 1. The van der Waals surface area contributed by atoms with Crippen LogP contribution in [0.2, 0.25) is 0 Å². The molecule has 2 atom stereocenters. The Bertz CT molecular complexity index is 637. The Labute approximate surface area is 125 Å². The lowest BCUT2D eigenvalue weighted by molar-refractivity contribution is 0.0637. The Hall–Kier alpha value is -1.42. The zero-order chi connectivity index (χ0) is 15.5. The molecule has 1 saturated carbocycles. The number of likely N-dealkylation sites (N-methyl/N-ethyl adjacent to an activating group) is 1. The summed E-state index contributed by atoms with van der Waals surface area (Å²) in [6.07, 6.45) is 2.57. The minimum absolute atomic E-state index is 0.212. The predicted octanol–water partition coefficient (Wildman–Crippen LogP) is 1.62. The maximum atomic E-state index is 12.5. The quantitative estimate of drug-likeness (QED) is 0.916. The Morgan fingerprint density at radius 2 is 2.00 bits per heavy atom. The largest absolute Gasteiger partial charge is 0.391 e.